The highest BCUT2D eigenvalue weighted by Gasteiger charge is 2.25. The Kier molecular flexibility index (Phi) is 28.2. The van der Waals surface area contributed by atoms with Crippen molar-refractivity contribution in [2.45, 2.75) is 69.6 Å². The molecule has 0 aliphatic rings. The highest BCUT2D eigenvalue weighted by atomic mass is 33.1. The summed E-state index contributed by atoms with van der Waals surface area (Å²) >= 11 is 0. The first-order valence-electron chi connectivity index (χ1n) is 15.6. The fourth-order valence-corrected chi connectivity index (χ4v) is 5.86. The minimum atomic E-state index is -1.27. The first-order chi connectivity index (χ1) is 22.6. The fourth-order valence-electron chi connectivity index (χ4n) is 3.54. The van der Waals surface area contributed by atoms with Crippen molar-refractivity contribution in [1.29, 1.82) is 0 Å². The van der Waals surface area contributed by atoms with Crippen LogP contribution in [0.15, 0.2) is 0 Å². The molecule has 10 N–H and O–H groups in total. The van der Waals surface area contributed by atoms with E-state index in [1.54, 1.807) is 14.0 Å². The smallest absolute Gasteiger partial charge is 0.407 e. The summed E-state index contributed by atoms with van der Waals surface area (Å²) < 4.78 is 25.2. The van der Waals surface area contributed by atoms with Crippen LogP contribution >= 0.6 is 21.6 Å². The van der Waals surface area contributed by atoms with Gasteiger partial charge in [0.2, 0.25) is 11.8 Å². The van der Waals surface area contributed by atoms with E-state index in [0.29, 0.717) is 71.5 Å². The second kappa shape index (κ2) is 29.7. The average molecular weight is 715 g/mol. The largest absolute Gasteiger partial charge is 0.480 e. The second-order valence-electron chi connectivity index (χ2n) is 10.1. The van der Waals surface area contributed by atoms with Crippen molar-refractivity contribution < 1.29 is 52.8 Å². The quantitative estimate of drug-likeness (QED) is 0.0277. The van der Waals surface area contributed by atoms with E-state index < -0.39 is 54.0 Å². The molecule has 0 spiro atoms. The van der Waals surface area contributed by atoms with E-state index in [1.165, 1.54) is 0 Å². The van der Waals surface area contributed by atoms with E-state index in [-0.39, 0.29) is 37.9 Å². The molecule has 0 aromatic heterocycles. The third kappa shape index (κ3) is 24.4. The van der Waals surface area contributed by atoms with Gasteiger partial charge in [0, 0.05) is 25.2 Å². The summed E-state index contributed by atoms with van der Waals surface area (Å²) in [5, 5.41) is 17.3. The number of rotatable bonds is 30. The van der Waals surface area contributed by atoms with Crippen molar-refractivity contribution in [3.05, 3.63) is 0 Å². The standard InChI is InChI=1S/C28H54N6O11S2/c1-3-44-27(39)21(31)9-5-7-11-32-25(36)22(33-24(35)20(30)8-4-6-10-29)18-46-47-19-23(26(37)38)34-28(40)45-17-16-43-15-14-42-13-12-41-2/h20-23H,3-19,29-31H2,1-2H3,(H,32,36)(H,33,35)(H,34,40)(H,37,38)/t20-,21-,22-,23-/m0/s1. The first-order valence-corrected chi connectivity index (χ1v) is 18.1. The zero-order valence-corrected chi connectivity index (χ0v) is 29.0. The van der Waals surface area contributed by atoms with Gasteiger partial charge in [-0.2, -0.15) is 0 Å². The van der Waals surface area contributed by atoms with Crippen LogP contribution in [0.3, 0.4) is 0 Å². The van der Waals surface area contributed by atoms with Crippen LogP contribution < -0.4 is 33.2 Å². The highest BCUT2D eigenvalue weighted by molar-refractivity contribution is 8.76. The molecule has 4 atom stereocenters. The van der Waals surface area contributed by atoms with Gasteiger partial charge >= 0.3 is 18.0 Å². The lowest BCUT2D eigenvalue weighted by Crippen LogP contribution is -2.52. The Hall–Kier alpha value is -2.39. The molecule has 17 nitrogen and oxygen atoms in total. The SMILES string of the molecule is CCOC(=O)[C@@H](N)CCCCNC(=O)[C@H](CSSC[C@H](NC(=O)OCCOCCOCCOC)C(=O)O)NC(=O)[C@@H](N)CCCCN. The lowest BCUT2D eigenvalue weighted by atomic mass is 10.1. The molecular formula is C28H54N6O11S2. The summed E-state index contributed by atoms with van der Waals surface area (Å²) in [5.74, 6) is -2.65. The van der Waals surface area contributed by atoms with Gasteiger partial charge in [-0.05, 0) is 45.6 Å². The van der Waals surface area contributed by atoms with Crippen LogP contribution in [0.1, 0.15) is 45.4 Å². The molecular weight excluding hydrogens is 660 g/mol. The Morgan fingerprint density at radius 3 is 1.96 bits per heavy atom. The summed E-state index contributed by atoms with van der Waals surface area (Å²) in [6.45, 7) is 4.28. The van der Waals surface area contributed by atoms with Crippen molar-refractivity contribution in [2.24, 2.45) is 17.2 Å². The number of hydrogen-bond acceptors (Lipinski definition) is 15. The number of ether oxygens (including phenoxy) is 5. The lowest BCUT2D eigenvalue weighted by Gasteiger charge is -2.21. The van der Waals surface area contributed by atoms with Gasteiger partial charge < -0.3 is 61.9 Å². The molecule has 0 fully saturated rings. The number of alkyl carbamates (subject to hydrolysis) is 1. The number of methoxy groups -OCH3 is 1. The number of carbonyl (C=O) groups is 5. The van der Waals surface area contributed by atoms with Crippen LogP contribution in [0.2, 0.25) is 0 Å². The van der Waals surface area contributed by atoms with E-state index in [1.807, 2.05) is 0 Å². The number of nitrogens with two attached hydrogens (primary N) is 3. The van der Waals surface area contributed by atoms with Crippen molar-refractivity contribution in [3.8, 4) is 0 Å². The molecule has 274 valence electrons. The van der Waals surface area contributed by atoms with Gasteiger partial charge in [-0.1, -0.05) is 28.0 Å². The van der Waals surface area contributed by atoms with Crippen molar-refractivity contribution >= 4 is 51.4 Å². The summed E-state index contributed by atoms with van der Waals surface area (Å²) in [4.78, 5) is 61.1. The van der Waals surface area contributed by atoms with Crippen LogP contribution in [0.5, 0.6) is 0 Å². The number of amides is 3. The van der Waals surface area contributed by atoms with Crippen molar-refractivity contribution in [3.63, 3.8) is 0 Å². The molecule has 0 heterocycles. The number of carbonyl (C=O) groups excluding carboxylic acids is 4. The van der Waals surface area contributed by atoms with Gasteiger partial charge in [0.15, 0.2) is 0 Å². The van der Waals surface area contributed by atoms with Gasteiger partial charge in [-0.25, -0.2) is 9.59 Å². The molecule has 0 unspecified atom stereocenters. The molecule has 0 saturated heterocycles. The van der Waals surface area contributed by atoms with E-state index in [9.17, 15) is 29.1 Å². The molecule has 0 saturated carbocycles. The number of carboxylic acid groups (broad SMARTS) is 1. The number of carboxylic acids is 1. The number of aliphatic carboxylic acids is 1. The topological polar surface area (TPSA) is 266 Å². The summed E-state index contributed by atoms with van der Waals surface area (Å²) in [6, 6.07) is -3.80. The lowest BCUT2D eigenvalue weighted by molar-refractivity contribution is -0.145. The minimum Gasteiger partial charge on any atom is -0.480 e. The molecule has 47 heavy (non-hydrogen) atoms. The van der Waals surface area contributed by atoms with Crippen LogP contribution in [-0.4, -0.2) is 137 Å². The first kappa shape index (κ1) is 44.6. The molecule has 0 aromatic rings. The fraction of sp³-hybridized carbons (Fsp3) is 0.821. The molecule has 0 aliphatic carbocycles. The number of esters is 1. The highest BCUT2D eigenvalue weighted by Crippen LogP contribution is 2.23. The molecule has 3 amide bonds. The molecule has 0 aromatic carbocycles. The summed E-state index contributed by atoms with van der Waals surface area (Å²) in [5.41, 5.74) is 17.3. The maximum atomic E-state index is 13.0. The number of unbranched alkanes of at least 4 members (excludes halogenated alkanes) is 2. The van der Waals surface area contributed by atoms with Crippen molar-refractivity contribution in [2.75, 3.05) is 78.0 Å². The van der Waals surface area contributed by atoms with Gasteiger partial charge in [0.05, 0.1) is 45.7 Å². The maximum absolute atomic E-state index is 13.0. The zero-order valence-electron chi connectivity index (χ0n) is 27.4. The molecule has 0 aliphatic heterocycles. The third-order valence-corrected chi connectivity index (χ3v) is 8.60. The normalized spacial score (nSPS) is 13.6. The molecule has 0 bridgehead atoms. The Balaban J connectivity index is 4.77. The Labute approximate surface area is 284 Å². The predicted octanol–water partition coefficient (Wildman–Crippen LogP) is -0.655. The van der Waals surface area contributed by atoms with Gasteiger partial charge in [0.1, 0.15) is 24.7 Å². The number of hydrogen-bond donors (Lipinski definition) is 7. The maximum Gasteiger partial charge on any atom is 0.407 e. The Morgan fingerprint density at radius 1 is 0.745 bits per heavy atom. The van der Waals surface area contributed by atoms with Crippen LogP contribution in [0, 0.1) is 0 Å². The molecule has 19 heteroatoms. The summed E-state index contributed by atoms with van der Waals surface area (Å²) in [7, 11) is 3.81. The second-order valence-corrected chi connectivity index (χ2v) is 12.6. The number of nitrogens with one attached hydrogen (secondary N) is 3. The average Bonchev–Trinajstić information content (AvgIpc) is 3.04. The van der Waals surface area contributed by atoms with Crippen molar-refractivity contribution in [1.82, 2.24) is 16.0 Å². The van der Waals surface area contributed by atoms with Gasteiger partial charge in [0.25, 0.3) is 0 Å². The Bertz CT molecular complexity index is 894. The molecule has 0 radical (unpaired) electrons. The van der Waals surface area contributed by atoms with E-state index in [2.05, 4.69) is 16.0 Å². The minimum absolute atomic E-state index is 0.0496. The van der Waals surface area contributed by atoms with E-state index in [4.69, 9.17) is 40.9 Å². The van der Waals surface area contributed by atoms with Gasteiger partial charge in [-0.3, -0.25) is 14.4 Å². The predicted molar refractivity (Wildman–Crippen MR) is 179 cm³/mol. The van der Waals surface area contributed by atoms with E-state index in [0.717, 1.165) is 21.6 Å². The van der Waals surface area contributed by atoms with Crippen LogP contribution in [0.4, 0.5) is 4.79 Å². The third-order valence-electron chi connectivity index (χ3n) is 6.18. The molecule has 0 rings (SSSR count). The Morgan fingerprint density at radius 2 is 1.34 bits per heavy atom. The van der Waals surface area contributed by atoms with Crippen LogP contribution in [-0.2, 0) is 42.9 Å². The van der Waals surface area contributed by atoms with E-state index >= 15 is 0 Å². The monoisotopic (exact) mass is 714 g/mol. The van der Waals surface area contributed by atoms with Crippen LogP contribution in [0.25, 0.3) is 0 Å². The van der Waals surface area contributed by atoms with Gasteiger partial charge in [-0.15, -0.1) is 0 Å². The zero-order chi connectivity index (χ0) is 35.3. The summed E-state index contributed by atoms with van der Waals surface area (Å²) in [6.07, 6.45) is 2.35.